The zero-order chi connectivity index (χ0) is 13.3. The number of hydrogen-bond acceptors (Lipinski definition) is 5. The first-order valence-corrected chi connectivity index (χ1v) is 6.18. The van der Waals surface area contributed by atoms with Crippen molar-refractivity contribution >= 4 is 11.6 Å². The number of ether oxygens (including phenoxy) is 1. The van der Waals surface area contributed by atoms with Crippen molar-refractivity contribution in [2.45, 2.75) is 33.9 Å². The Morgan fingerprint density at radius 1 is 1.44 bits per heavy atom. The molecule has 5 nitrogen and oxygen atoms in total. The Hall–Kier alpha value is -1.49. The summed E-state index contributed by atoms with van der Waals surface area (Å²) in [4.78, 5) is 20.0. The Bertz CT molecular complexity index is 441. The quantitative estimate of drug-likeness (QED) is 0.883. The van der Waals surface area contributed by atoms with Crippen LogP contribution in [0.1, 0.15) is 25.4 Å². The van der Waals surface area contributed by atoms with Gasteiger partial charge in [0, 0.05) is 23.6 Å². The second-order valence-electron chi connectivity index (χ2n) is 4.92. The molecular formula is C13H19N3O2. The molecule has 1 aliphatic rings. The summed E-state index contributed by atoms with van der Waals surface area (Å²) < 4.78 is 5.63. The number of anilines is 1. The van der Waals surface area contributed by atoms with E-state index in [1.54, 1.807) is 6.92 Å². The largest absolute Gasteiger partial charge is 0.357 e. The molecule has 1 saturated heterocycles. The lowest BCUT2D eigenvalue weighted by atomic mass is 9.93. The summed E-state index contributed by atoms with van der Waals surface area (Å²) in [6.07, 6.45) is -0.160. The van der Waals surface area contributed by atoms with Gasteiger partial charge in [-0.1, -0.05) is 6.92 Å². The smallest absolute Gasteiger partial charge is 0.135 e. The highest BCUT2D eigenvalue weighted by Crippen LogP contribution is 2.28. The Morgan fingerprint density at radius 2 is 2.17 bits per heavy atom. The van der Waals surface area contributed by atoms with E-state index in [9.17, 15) is 4.79 Å². The number of ketones is 1. The third kappa shape index (κ3) is 2.67. The van der Waals surface area contributed by atoms with Gasteiger partial charge in [0.2, 0.25) is 0 Å². The fraction of sp³-hybridized carbons (Fsp3) is 0.615. The fourth-order valence-corrected chi connectivity index (χ4v) is 2.32. The Labute approximate surface area is 107 Å². The van der Waals surface area contributed by atoms with E-state index in [4.69, 9.17) is 4.74 Å². The van der Waals surface area contributed by atoms with E-state index in [1.807, 2.05) is 26.8 Å². The minimum atomic E-state index is -0.160. The fourth-order valence-electron chi connectivity index (χ4n) is 2.32. The lowest BCUT2D eigenvalue weighted by Crippen LogP contribution is -2.28. The van der Waals surface area contributed by atoms with Crippen molar-refractivity contribution in [3.63, 3.8) is 0 Å². The number of nitrogens with zero attached hydrogens (tertiary/aromatic N) is 2. The molecule has 0 unspecified atom stereocenters. The predicted molar refractivity (Wildman–Crippen MR) is 68.2 cm³/mol. The van der Waals surface area contributed by atoms with Gasteiger partial charge < -0.3 is 10.1 Å². The molecule has 0 aliphatic carbocycles. The third-order valence-electron chi connectivity index (χ3n) is 3.35. The van der Waals surface area contributed by atoms with E-state index < -0.39 is 0 Å². The molecule has 0 bridgehead atoms. The van der Waals surface area contributed by atoms with E-state index in [0.717, 1.165) is 17.3 Å². The van der Waals surface area contributed by atoms with Crippen molar-refractivity contribution in [1.29, 1.82) is 0 Å². The van der Waals surface area contributed by atoms with Gasteiger partial charge in [0.05, 0.1) is 6.61 Å². The molecule has 0 spiro atoms. The second-order valence-corrected chi connectivity index (χ2v) is 4.92. The first-order chi connectivity index (χ1) is 8.47. The van der Waals surface area contributed by atoms with Crippen molar-refractivity contribution < 1.29 is 9.53 Å². The standard InChI is InChI=1S/C13H19N3O2/c1-7-5-12(15-10(4)14-7)16-13-8(2)11(6-18-13)9(3)17/h5,8,11,13H,6H2,1-4H3,(H,14,15,16)/t8-,11-,13-/m0/s1. The molecule has 0 amide bonds. The number of aromatic nitrogens is 2. The average molecular weight is 249 g/mol. The topological polar surface area (TPSA) is 64.1 Å². The summed E-state index contributed by atoms with van der Waals surface area (Å²) in [7, 11) is 0. The molecule has 98 valence electrons. The number of carbonyl (C=O) groups excluding carboxylic acids is 1. The summed E-state index contributed by atoms with van der Waals surface area (Å²) in [6.45, 7) is 7.91. The van der Waals surface area contributed by atoms with Crippen LogP contribution in [0.25, 0.3) is 0 Å². The Morgan fingerprint density at radius 3 is 2.72 bits per heavy atom. The van der Waals surface area contributed by atoms with E-state index in [1.165, 1.54) is 0 Å². The highest BCUT2D eigenvalue weighted by molar-refractivity contribution is 5.79. The van der Waals surface area contributed by atoms with Crippen LogP contribution in [0.2, 0.25) is 0 Å². The Kier molecular flexibility index (Phi) is 3.61. The molecule has 1 aromatic heterocycles. The van der Waals surface area contributed by atoms with Crippen LogP contribution in [0.3, 0.4) is 0 Å². The highest BCUT2D eigenvalue weighted by Gasteiger charge is 2.36. The number of rotatable bonds is 3. The summed E-state index contributed by atoms with van der Waals surface area (Å²) in [5.74, 6) is 1.79. The van der Waals surface area contributed by atoms with Crippen molar-refractivity contribution in [3.05, 3.63) is 17.6 Å². The normalized spacial score (nSPS) is 27.2. The molecule has 0 radical (unpaired) electrons. The van der Waals surface area contributed by atoms with Gasteiger partial charge in [0.25, 0.3) is 0 Å². The average Bonchev–Trinajstić information content (AvgIpc) is 2.59. The molecule has 1 aliphatic heterocycles. The van der Waals surface area contributed by atoms with Crippen LogP contribution in [0, 0.1) is 25.7 Å². The lowest BCUT2D eigenvalue weighted by molar-refractivity contribution is -0.121. The molecule has 0 aromatic carbocycles. The second kappa shape index (κ2) is 5.02. The Balaban J connectivity index is 2.08. The van der Waals surface area contributed by atoms with Crippen molar-refractivity contribution in [1.82, 2.24) is 9.97 Å². The summed E-state index contributed by atoms with van der Waals surface area (Å²) in [5.41, 5.74) is 0.916. The van der Waals surface area contributed by atoms with Crippen LogP contribution in [0.5, 0.6) is 0 Å². The molecular weight excluding hydrogens is 230 g/mol. The van der Waals surface area contributed by atoms with Gasteiger partial charge in [-0.3, -0.25) is 4.79 Å². The van der Waals surface area contributed by atoms with Crippen LogP contribution in [0.15, 0.2) is 6.07 Å². The number of carbonyl (C=O) groups is 1. The first-order valence-electron chi connectivity index (χ1n) is 6.18. The maximum Gasteiger partial charge on any atom is 0.135 e. The molecule has 1 N–H and O–H groups in total. The maximum absolute atomic E-state index is 11.4. The molecule has 2 rings (SSSR count). The van der Waals surface area contributed by atoms with Gasteiger partial charge in [0.15, 0.2) is 0 Å². The van der Waals surface area contributed by atoms with Gasteiger partial charge in [0.1, 0.15) is 23.7 Å². The van der Waals surface area contributed by atoms with E-state index in [2.05, 4.69) is 15.3 Å². The summed E-state index contributed by atoms with van der Waals surface area (Å²) in [5, 5.41) is 3.23. The molecule has 2 heterocycles. The monoisotopic (exact) mass is 249 g/mol. The predicted octanol–water partition coefficient (Wildman–Crippen LogP) is 1.70. The van der Waals surface area contributed by atoms with Crippen LogP contribution in [-0.4, -0.2) is 28.6 Å². The van der Waals surface area contributed by atoms with Gasteiger partial charge in [-0.05, 0) is 20.8 Å². The highest BCUT2D eigenvalue weighted by atomic mass is 16.5. The van der Waals surface area contributed by atoms with Crippen molar-refractivity contribution in [3.8, 4) is 0 Å². The molecule has 5 heteroatoms. The van der Waals surface area contributed by atoms with Crippen LogP contribution in [0.4, 0.5) is 5.82 Å². The van der Waals surface area contributed by atoms with E-state index in [0.29, 0.717) is 6.61 Å². The van der Waals surface area contributed by atoms with Crippen molar-refractivity contribution in [2.75, 3.05) is 11.9 Å². The zero-order valence-corrected chi connectivity index (χ0v) is 11.2. The van der Waals surface area contributed by atoms with Gasteiger partial charge in [-0.2, -0.15) is 0 Å². The summed E-state index contributed by atoms with van der Waals surface area (Å²) in [6, 6.07) is 1.88. The number of aryl methyl sites for hydroxylation is 2. The molecule has 18 heavy (non-hydrogen) atoms. The number of nitrogens with one attached hydrogen (secondary N) is 1. The van der Waals surface area contributed by atoms with Gasteiger partial charge >= 0.3 is 0 Å². The number of Topliss-reactive ketones (excluding diaryl/α,β-unsaturated/α-hetero) is 1. The molecule has 1 aromatic rings. The summed E-state index contributed by atoms with van der Waals surface area (Å²) >= 11 is 0. The first kappa shape index (κ1) is 13.0. The van der Waals surface area contributed by atoms with Crippen molar-refractivity contribution in [2.24, 2.45) is 11.8 Å². The van der Waals surface area contributed by atoms with Crippen LogP contribution in [-0.2, 0) is 9.53 Å². The number of hydrogen-bond donors (Lipinski definition) is 1. The van der Waals surface area contributed by atoms with Gasteiger partial charge in [-0.25, -0.2) is 9.97 Å². The molecule has 1 fully saturated rings. The van der Waals surface area contributed by atoms with Gasteiger partial charge in [-0.15, -0.1) is 0 Å². The van der Waals surface area contributed by atoms with Crippen LogP contribution >= 0.6 is 0 Å². The zero-order valence-electron chi connectivity index (χ0n) is 11.2. The van der Waals surface area contributed by atoms with E-state index >= 15 is 0 Å². The van der Waals surface area contributed by atoms with E-state index in [-0.39, 0.29) is 23.8 Å². The minimum absolute atomic E-state index is 0.0217. The lowest BCUT2D eigenvalue weighted by Gasteiger charge is -2.19. The maximum atomic E-state index is 11.4. The minimum Gasteiger partial charge on any atom is -0.357 e. The molecule has 3 atom stereocenters. The third-order valence-corrected chi connectivity index (χ3v) is 3.35. The SMILES string of the molecule is CC(=O)[C@H]1CO[C@H](Nc2cc(C)nc(C)n2)[C@H]1C. The van der Waals surface area contributed by atoms with Crippen LogP contribution < -0.4 is 5.32 Å². The molecule has 0 saturated carbocycles.